The topological polar surface area (TPSA) is 21.3 Å². The third kappa shape index (κ3) is 3.55. The van der Waals surface area contributed by atoms with E-state index in [1.54, 1.807) is 0 Å². The molecule has 1 fully saturated rings. The van der Waals surface area contributed by atoms with E-state index in [1.165, 1.54) is 29.5 Å². The van der Waals surface area contributed by atoms with Crippen molar-refractivity contribution in [1.82, 2.24) is 5.32 Å². The van der Waals surface area contributed by atoms with Gasteiger partial charge in [-0.25, -0.2) is 0 Å². The second-order valence-electron chi connectivity index (χ2n) is 5.05. The molecule has 2 heteroatoms. The number of nitrogens with one attached hydrogen (secondary N) is 1. The molecule has 0 spiro atoms. The molecular weight excluding hydrogens is 210 g/mol. The third-order valence-corrected chi connectivity index (χ3v) is 3.79. The molecule has 0 aliphatic carbocycles. The molecule has 94 valence electrons. The van der Waals surface area contributed by atoms with Gasteiger partial charge in [0.05, 0.1) is 0 Å². The monoisotopic (exact) mass is 233 g/mol. The highest BCUT2D eigenvalue weighted by molar-refractivity contribution is 5.32. The average molecular weight is 233 g/mol. The van der Waals surface area contributed by atoms with Crippen molar-refractivity contribution in [3.63, 3.8) is 0 Å². The smallest absolute Gasteiger partial charge is 0.0495 e. The first-order valence-corrected chi connectivity index (χ1v) is 6.61. The summed E-state index contributed by atoms with van der Waals surface area (Å²) < 4.78 is 5.38. The van der Waals surface area contributed by atoms with Crippen molar-refractivity contribution < 1.29 is 4.74 Å². The van der Waals surface area contributed by atoms with Gasteiger partial charge in [-0.3, -0.25) is 0 Å². The summed E-state index contributed by atoms with van der Waals surface area (Å²) in [5, 5.41) is 3.54. The molecular formula is C15H23NO. The first kappa shape index (κ1) is 12.6. The van der Waals surface area contributed by atoms with Crippen molar-refractivity contribution in [2.45, 2.75) is 33.2 Å². The van der Waals surface area contributed by atoms with E-state index < -0.39 is 0 Å². The fourth-order valence-corrected chi connectivity index (χ4v) is 2.34. The largest absolute Gasteiger partial charge is 0.381 e. The Morgan fingerprint density at radius 3 is 3.00 bits per heavy atom. The fraction of sp³-hybridized carbons (Fsp3) is 0.600. The van der Waals surface area contributed by atoms with Gasteiger partial charge < -0.3 is 10.1 Å². The molecule has 1 aliphatic rings. The predicted molar refractivity (Wildman–Crippen MR) is 71.2 cm³/mol. The maximum atomic E-state index is 5.38. The van der Waals surface area contributed by atoms with Gasteiger partial charge in [-0.1, -0.05) is 18.2 Å². The molecule has 1 unspecified atom stereocenters. The van der Waals surface area contributed by atoms with E-state index >= 15 is 0 Å². The van der Waals surface area contributed by atoms with E-state index in [9.17, 15) is 0 Å². The minimum Gasteiger partial charge on any atom is -0.381 e. The van der Waals surface area contributed by atoms with Gasteiger partial charge >= 0.3 is 0 Å². The van der Waals surface area contributed by atoms with Crippen molar-refractivity contribution in [1.29, 1.82) is 0 Å². The molecule has 1 aliphatic heterocycles. The van der Waals surface area contributed by atoms with Crippen LogP contribution >= 0.6 is 0 Å². The normalized spacial score (nSPS) is 19.8. The number of hydrogen-bond donors (Lipinski definition) is 1. The molecule has 1 heterocycles. The first-order chi connectivity index (χ1) is 8.27. The van der Waals surface area contributed by atoms with Crippen LogP contribution in [0.1, 0.15) is 29.5 Å². The van der Waals surface area contributed by atoms with Gasteiger partial charge in [0.2, 0.25) is 0 Å². The van der Waals surface area contributed by atoms with Crippen LogP contribution in [-0.2, 0) is 11.3 Å². The van der Waals surface area contributed by atoms with Crippen LogP contribution in [0.25, 0.3) is 0 Å². The lowest BCUT2D eigenvalue weighted by Crippen LogP contribution is -2.18. The molecule has 1 atom stereocenters. The molecule has 1 N–H and O–H groups in total. The summed E-state index contributed by atoms with van der Waals surface area (Å²) in [4.78, 5) is 0. The van der Waals surface area contributed by atoms with E-state index in [0.717, 1.165) is 32.2 Å². The van der Waals surface area contributed by atoms with Crippen molar-refractivity contribution in [3.05, 3.63) is 34.9 Å². The molecule has 2 rings (SSSR count). The van der Waals surface area contributed by atoms with Crippen LogP contribution in [-0.4, -0.2) is 19.8 Å². The van der Waals surface area contributed by atoms with Crippen LogP contribution in [0.4, 0.5) is 0 Å². The highest BCUT2D eigenvalue weighted by Crippen LogP contribution is 2.16. The Morgan fingerprint density at radius 2 is 2.24 bits per heavy atom. The van der Waals surface area contributed by atoms with Crippen LogP contribution < -0.4 is 5.32 Å². The van der Waals surface area contributed by atoms with Gasteiger partial charge in [0, 0.05) is 19.8 Å². The van der Waals surface area contributed by atoms with Crippen LogP contribution in [0.3, 0.4) is 0 Å². The maximum absolute atomic E-state index is 5.38. The molecule has 1 aromatic carbocycles. The SMILES string of the molecule is Cc1cccc(CNCCC2CCOC2)c1C. The predicted octanol–water partition coefficient (Wildman–Crippen LogP) is 2.82. The molecule has 1 saturated heterocycles. The van der Waals surface area contributed by atoms with Crippen molar-refractivity contribution in [2.75, 3.05) is 19.8 Å². The summed E-state index contributed by atoms with van der Waals surface area (Å²) in [5.41, 5.74) is 4.23. The lowest BCUT2D eigenvalue weighted by atomic mass is 10.0. The Kier molecular flexibility index (Phi) is 4.57. The second kappa shape index (κ2) is 6.18. The Balaban J connectivity index is 1.72. The quantitative estimate of drug-likeness (QED) is 0.790. The summed E-state index contributed by atoms with van der Waals surface area (Å²) in [6.45, 7) is 8.39. The van der Waals surface area contributed by atoms with Crippen LogP contribution in [0.5, 0.6) is 0 Å². The van der Waals surface area contributed by atoms with E-state index in [0.29, 0.717) is 0 Å². The molecule has 0 bridgehead atoms. The number of rotatable bonds is 5. The zero-order valence-electron chi connectivity index (χ0n) is 11.0. The average Bonchev–Trinajstić information content (AvgIpc) is 2.83. The van der Waals surface area contributed by atoms with Gasteiger partial charge in [-0.15, -0.1) is 0 Å². The van der Waals surface area contributed by atoms with Crippen molar-refractivity contribution in [3.8, 4) is 0 Å². The second-order valence-corrected chi connectivity index (χ2v) is 5.05. The first-order valence-electron chi connectivity index (χ1n) is 6.61. The van der Waals surface area contributed by atoms with Gasteiger partial charge in [-0.2, -0.15) is 0 Å². The van der Waals surface area contributed by atoms with Gasteiger partial charge in [0.15, 0.2) is 0 Å². The zero-order valence-corrected chi connectivity index (χ0v) is 11.0. The standard InChI is InChI=1S/C15H23NO/c1-12-4-3-5-15(13(12)2)10-16-8-6-14-7-9-17-11-14/h3-5,14,16H,6-11H2,1-2H3. The van der Waals surface area contributed by atoms with E-state index in [2.05, 4.69) is 37.4 Å². The maximum Gasteiger partial charge on any atom is 0.0495 e. The lowest BCUT2D eigenvalue weighted by molar-refractivity contribution is 0.184. The van der Waals surface area contributed by atoms with Gasteiger partial charge in [-0.05, 0) is 55.8 Å². The van der Waals surface area contributed by atoms with Crippen LogP contribution in [0, 0.1) is 19.8 Å². The summed E-state index contributed by atoms with van der Waals surface area (Å²) in [7, 11) is 0. The van der Waals surface area contributed by atoms with Crippen molar-refractivity contribution in [2.24, 2.45) is 5.92 Å². The molecule has 17 heavy (non-hydrogen) atoms. The Labute approximate surface area is 104 Å². The zero-order chi connectivity index (χ0) is 12.1. The fourth-order valence-electron chi connectivity index (χ4n) is 2.34. The van der Waals surface area contributed by atoms with E-state index in [1.807, 2.05) is 0 Å². The summed E-state index contributed by atoms with van der Waals surface area (Å²) in [6, 6.07) is 6.53. The Morgan fingerprint density at radius 1 is 1.35 bits per heavy atom. The van der Waals surface area contributed by atoms with Gasteiger partial charge in [0.1, 0.15) is 0 Å². The Hall–Kier alpha value is -0.860. The number of ether oxygens (including phenoxy) is 1. The minimum atomic E-state index is 0.779. The molecule has 0 amide bonds. The summed E-state index contributed by atoms with van der Waals surface area (Å²) >= 11 is 0. The van der Waals surface area contributed by atoms with Crippen LogP contribution in [0.2, 0.25) is 0 Å². The highest BCUT2D eigenvalue weighted by atomic mass is 16.5. The number of aryl methyl sites for hydroxylation is 1. The summed E-state index contributed by atoms with van der Waals surface area (Å²) in [5.74, 6) is 0.779. The molecule has 0 radical (unpaired) electrons. The number of benzene rings is 1. The van der Waals surface area contributed by atoms with Gasteiger partial charge in [0.25, 0.3) is 0 Å². The highest BCUT2D eigenvalue weighted by Gasteiger charge is 2.14. The van der Waals surface area contributed by atoms with E-state index in [4.69, 9.17) is 4.74 Å². The minimum absolute atomic E-state index is 0.779. The van der Waals surface area contributed by atoms with Crippen LogP contribution in [0.15, 0.2) is 18.2 Å². The molecule has 1 aromatic rings. The Bertz CT molecular complexity index is 356. The van der Waals surface area contributed by atoms with Crippen molar-refractivity contribution >= 4 is 0 Å². The third-order valence-electron chi connectivity index (χ3n) is 3.79. The summed E-state index contributed by atoms with van der Waals surface area (Å²) in [6.07, 6.45) is 2.48. The molecule has 0 saturated carbocycles. The molecule has 2 nitrogen and oxygen atoms in total. The van der Waals surface area contributed by atoms with E-state index in [-0.39, 0.29) is 0 Å². The number of hydrogen-bond acceptors (Lipinski definition) is 2. The molecule has 0 aromatic heterocycles. The lowest BCUT2D eigenvalue weighted by Gasteiger charge is -2.11.